The molecule has 0 radical (unpaired) electrons. The predicted octanol–water partition coefficient (Wildman–Crippen LogP) is 4.44. The van der Waals surface area contributed by atoms with Crippen molar-refractivity contribution in [3.63, 3.8) is 0 Å². The number of rotatable bonds is 4. The van der Waals surface area contributed by atoms with Gasteiger partial charge in [0, 0.05) is 17.6 Å². The quantitative estimate of drug-likeness (QED) is 0.817. The number of hydrogen-bond donors (Lipinski definition) is 1. The molecule has 0 bridgehead atoms. The van der Waals surface area contributed by atoms with Crippen LogP contribution in [0.15, 0.2) is 28.7 Å². The predicted molar refractivity (Wildman–Crippen MR) is 80.2 cm³/mol. The Morgan fingerprint density at radius 2 is 2.05 bits per heavy atom. The van der Waals surface area contributed by atoms with Crippen LogP contribution in [0.3, 0.4) is 0 Å². The third-order valence-electron chi connectivity index (χ3n) is 2.21. The Hall–Kier alpha value is -0.880. The molecule has 0 aliphatic heterocycles. The summed E-state index contributed by atoms with van der Waals surface area (Å²) in [5, 5.41) is 4.02. The molecule has 0 atom stereocenters. The van der Waals surface area contributed by atoms with E-state index in [1.807, 2.05) is 12.1 Å². The molecule has 0 amide bonds. The minimum absolute atomic E-state index is 0.295. The lowest BCUT2D eigenvalue weighted by Gasteiger charge is -2.09. The number of nitrogens with one attached hydrogen (secondary N) is 1. The van der Waals surface area contributed by atoms with Crippen LogP contribution in [0.5, 0.6) is 0 Å². The molecule has 1 aromatic heterocycles. The van der Waals surface area contributed by atoms with Crippen molar-refractivity contribution >= 4 is 50.6 Å². The number of benzene rings is 1. The summed E-state index contributed by atoms with van der Waals surface area (Å²) in [6.07, 6.45) is 0. The summed E-state index contributed by atoms with van der Waals surface area (Å²) in [7, 11) is 1.57. The van der Waals surface area contributed by atoms with Gasteiger partial charge < -0.3 is 10.1 Å². The van der Waals surface area contributed by atoms with Crippen LogP contribution in [0.25, 0.3) is 0 Å². The highest BCUT2D eigenvalue weighted by Gasteiger charge is 2.06. The molecule has 0 spiro atoms. The van der Waals surface area contributed by atoms with E-state index >= 15 is 0 Å². The molecule has 0 unspecified atom stereocenters. The molecule has 1 aromatic carbocycles. The highest BCUT2D eigenvalue weighted by atomic mass is 79.9. The first kappa shape index (κ1) is 14.5. The number of anilines is 2. The van der Waals surface area contributed by atoms with Gasteiger partial charge in [-0.25, -0.2) is 9.97 Å². The van der Waals surface area contributed by atoms with Crippen molar-refractivity contribution in [2.75, 3.05) is 12.4 Å². The topological polar surface area (TPSA) is 47.0 Å². The number of methoxy groups -OCH3 is 1. The number of hydrogen-bond acceptors (Lipinski definition) is 4. The van der Waals surface area contributed by atoms with Crippen LogP contribution in [-0.2, 0) is 11.3 Å². The van der Waals surface area contributed by atoms with Gasteiger partial charge in [0.25, 0.3) is 0 Å². The smallest absolute Gasteiger partial charge is 0.158 e. The monoisotopic (exact) mass is 361 g/mol. The van der Waals surface area contributed by atoms with Gasteiger partial charge in [0.15, 0.2) is 5.82 Å². The van der Waals surface area contributed by atoms with Gasteiger partial charge in [-0.05, 0) is 18.2 Å². The van der Waals surface area contributed by atoms with Gasteiger partial charge in [-0.2, -0.15) is 0 Å². The van der Waals surface area contributed by atoms with E-state index in [0.717, 1.165) is 10.2 Å². The summed E-state index contributed by atoms with van der Waals surface area (Å²) in [5.41, 5.74) is 0.739. The second kappa shape index (κ2) is 6.52. The fraction of sp³-hybridized carbons (Fsp3) is 0.167. The van der Waals surface area contributed by atoms with Crippen LogP contribution in [0.2, 0.25) is 10.2 Å². The van der Waals surface area contributed by atoms with Crippen molar-refractivity contribution in [1.82, 2.24) is 9.97 Å². The Morgan fingerprint density at radius 1 is 1.26 bits per heavy atom. The van der Waals surface area contributed by atoms with Crippen LogP contribution < -0.4 is 5.32 Å². The molecule has 0 saturated heterocycles. The van der Waals surface area contributed by atoms with E-state index in [1.54, 1.807) is 19.2 Å². The number of ether oxygens (including phenoxy) is 1. The van der Waals surface area contributed by atoms with Crippen molar-refractivity contribution in [1.29, 1.82) is 0 Å². The molecule has 2 aromatic rings. The normalized spacial score (nSPS) is 10.5. The fourth-order valence-electron chi connectivity index (χ4n) is 1.45. The van der Waals surface area contributed by atoms with Gasteiger partial charge in [0.05, 0.1) is 10.7 Å². The Morgan fingerprint density at radius 3 is 2.74 bits per heavy atom. The van der Waals surface area contributed by atoms with Gasteiger partial charge in [-0.3, -0.25) is 0 Å². The van der Waals surface area contributed by atoms with E-state index in [1.165, 1.54) is 0 Å². The molecule has 0 aliphatic rings. The van der Waals surface area contributed by atoms with Crippen molar-refractivity contribution in [3.05, 3.63) is 44.7 Å². The molecule has 7 heteroatoms. The van der Waals surface area contributed by atoms with Crippen molar-refractivity contribution < 1.29 is 4.74 Å². The molecule has 100 valence electrons. The summed E-state index contributed by atoms with van der Waals surface area (Å²) < 4.78 is 5.89. The van der Waals surface area contributed by atoms with Crippen LogP contribution in [-0.4, -0.2) is 17.1 Å². The lowest BCUT2D eigenvalue weighted by atomic mass is 10.3. The SMILES string of the molecule is COCc1nc(Cl)cc(Nc2ccc(Br)cc2Cl)n1. The molecule has 19 heavy (non-hydrogen) atoms. The van der Waals surface area contributed by atoms with Crippen LogP contribution >= 0.6 is 39.1 Å². The maximum absolute atomic E-state index is 6.13. The molecular weight excluding hydrogens is 353 g/mol. The largest absolute Gasteiger partial charge is 0.377 e. The molecule has 1 heterocycles. The van der Waals surface area contributed by atoms with Gasteiger partial charge in [0.2, 0.25) is 0 Å². The van der Waals surface area contributed by atoms with E-state index in [9.17, 15) is 0 Å². The van der Waals surface area contributed by atoms with Gasteiger partial charge in [-0.1, -0.05) is 39.1 Å². The third-order valence-corrected chi connectivity index (χ3v) is 3.21. The van der Waals surface area contributed by atoms with E-state index in [2.05, 4.69) is 31.2 Å². The van der Waals surface area contributed by atoms with E-state index < -0.39 is 0 Å². The Labute approximate surface area is 129 Å². The second-order valence-electron chi connectivity index (χ2n) is 3.67. The van der Waals surface area contributed by atoms with E-state index in [0.29, 0.717) is 28.4 Å². The molecule has 1 N–H and O–H groups in total. The first-order chi connectivity index (χ1) is 9.08. The fourth-order valence-corrected chi connectivity index (χ4v) is 2.37. The van der Waals surface area contributed by atoms with Crippen molar-refractivity contribution in [3.8, 4) is 0 Å². The van der Waals surface area contributed by atoms with Gasteiger partial charge in [0.1, 0.15) is 17.6 Å². The first-order valence-electron chi connectivity index (χ1n) is 5.33. The third kappa shape index (κ3) is 4.04. The standard InChI is InChI=1S/C12H10BrCl2N3O/c1-19-6-12-17-10(15)5-11(18-12)16-9-3-2-7(13)4-8(9)14/h2-5H,6H2,1H3,(H,16,17,18). The summed E-state index contributed by atoms with van der Waals surface area (Å²) in [6.45, 7) is 0.295. The zero-order valence-electron chi connectivity index (χ0n) is 9.95. The highest BCUT2D eigenvalue weighted by Crippen LogP contribution is 2.28. The zero-order chi connectivity index (χ0) is 13.8. The molecule has 0 aliphatic carbocycles. The average Bonchev–Trinajstić information content (AvgIpc) is 2.32. The van der Waals surface area contributed by atoms with Gasteiger partial charge >= 0.3 is 0 Å². The molecule has 0 saturated carbocycles. The van der Waals surface area contributed by atoms with Crippen LogP contribution in [0.4, 0.5) is 11.5 Å². The number of halogens is 3. The minimum atomic E-state index is 0.295. The molecule has 2 rings (SSSR count). The molecule has 0 fully saturated rings. The molecular formula is C12H10BrCl2N3O. The zero-order valence-corrected chi connectivity index (χ0v) is 13.1. The molecule has 4 nitrogen and oxygen atoms in total. The van der Waals surface area contributed by atoms with E-state index in [4.69, 9.17) is 27.9 Å². The highest BCUT2D eigenvalue weighted by molar-refractivity contribution is 9.10. The summed E-state index contributed by atoms with van der Waals surface area (Å²) in [6, 6.07) is 7.15. The lowest BCUT2D eigenvalue weighted by molar-refractivity contribution is 0.178. The minimum Gasteiger partial charge on any atom is -0.377 e. The van der Waals surface area contributed by atoms with E-state index in [-0.39, 0.29) is 0 Å². The van der Waals surface area contributed by atoms with Crippen LogP contribution in [0, 0.1) is 0 Å². The Bertz CT molecular complexity index is 595. The number of aromatic nitrogens is 2. The Balaban J connectivity index is 2.27. The van der Waals surface area contributed by atoms with Crippen molar-refractivity contribution in [2.45, 2.75) is 6.61 Å². The average molecular weight is 363 g/mol. The summed E-state index contributed by atoms with van der Waals surface area (Å²) in [4.78, 5) is 8.33. The first-order valence-corrected chi connectivity index (χ1v) is 6.88. The second-order valence-corrected chi connectivity index (χ2v) is 5.38. The maximum atomic E-state index is 6.13. The Kier molecular flexibility index (Phi) is 4.99. The van der Waals surface area contributed by atoms with Crippen molar-refractivity contribution in [2.24, 2.45) is 0 Å². The summed E-state index contributed by atoms with van der Waals surface area (Å²) >= 11 is 15.4. The van der Waals surface area contributed by atoms with Crippen LogP contribution in [0.1, 0.15) is 5.82 Å². The summed E-state index contributed by atoms with van der Waals surface area (Å²) in [5.74, 6) is 1.07. The van der Waals surface area contributed by atoms with Gasteiger partial charge in [-0.15, -0.1) is 0 Å². The lowest BCUT2D eigenvalue weighted by Crippen LogP contribution is -2.01. The maximum Gasteiger partial charge on any atom is 0.158 e. The number of nitrogens with zero attached hydrogens (tertiary/aromatic N) is 2.